The molecule has 0 aliphatic heterocycles. The van der Waals surface area contributed by atoms with Crippen molar-refractivity contribution in [1.82, 2.24) is 9.78 Å². The van der Waals surface area contributed by atoms with Crippen molar-refractivity contribution >= 4 is 11.7 Å². The van der Waals surface area contributed by atoms with Gasteiger partial charge in [0.1, 0.15) is 0 Å². The van der Waals surface area contributed by atoms with Gasteiger partial charge in [-0.1, -0.05) is 0 Å². The van der Waals surface area contributed by atoms with E-state index < -0.39 is 0 Å². The lowest BCUT2D eigenvalue weighted by Gasteiger charge is -2.04. The van der Waals surface area contributed by atoms with E-state index >= 15 is 0 Å². The molecule has 3 N–H and O–H groups in total. The molecule has 1 aromatic rings. The van der Waals surface area contributed by atoms with Gasteiger partial charge in [-0.05, 0) is 13.3 Å². The summed E-state index contributed by atoms with van der Waals surface area (Å²) in [4.78, 5) is 11.5. The molecule has 0 aliphatic rings. The Morgan fingerprint density at radius 3 is 3.12 bits per heavy atom. The van der Waals surface area contributed by atoms with Gasteiger partial charge >= 0.3 is 0 Å². The zero-order valence-electron chi connectivity index (χ0n) is 10.3. The van der Waals surface area contributed by atoms with Gasteiger partial charge in [0.25, 0.3) is 0 Å². The number of ether oxygens (including phenoxy) is 1. The topological polar surface area (TPSA) is 82.2 Å². The highest BCUT2D eigenvalue weighted by Crippen LogP contribution is 2.04. The molecule has 1 atom stereocenters. The number of amides is 1. The van der Waals surface area contributed by atoms with E-state index in [4.69, 9.17) is 10.5 Å². The molecule has 0 bridgehead atoms. The molecule has 0 fully saturated rings. The van der Waals surface area contributed by atoms with Crippen molar-refractivity contribution in [2.75, 3.05) is 19.0 Å². The highest BCUT2D eigenvalue weighted by atomic mass is 16.5. The second-order valence-electron chi connectivity index (χ2n) is 4.02. The van der Waals surface area contributed by atoms with Crippen LogP contribution in [-0.2, 0) is 16.1 Å². The Bertz CT molecular complexity index is 349. The summed E-state index contributed by atoms with van der Waals surface area (Å²) >= 11 is 0. The van der Waals surface area contributed by atoms with Gasteiger partial charge in [-0.3, -0.25) is 9.48 Å². The first-order valence-electron chi connectivity index (χ1n) is 5.69. The first-order chi connectivity index (χ1) is 8.11. The SMILES string of the molecule is COCCn1ccc(NC(=O)CCC(C)N)n1. The van der Waals surface area contributed by atoms with Crippen LogP contribution in [0.15, 0.2) is 12.3 Å². The maximum atomic E-state index is 11.5. The predicted molar refractivity (Wildman–Crippen MR) is 65.6 cm³/mol. The number of aromatic nitrogens is 2. The average molecular weight is 240 g/mol. The van der Waals surface area contributed by atoms with Gasteiger partial charge in [-0.15, -0.1) is 0 Å². The van der Waals surface area contributed by atoms with Gasteiger partial charge in [0.05, 0.1) is 13.2 Å². The number of nitrogens with one attached hydrogen (secondary N) is 1. The van der Waals surface area contributed by atoms with E-state index in [1.165, 1.54) is 0 Å². The predicted octanol–water partition coefficient (Wildman–Crippen LogP) is 0.595. The van der Waals surface area contributed by atoms with E-state index in [9.17, 15) is 4.79 Å². The number of methoxy groups -OCH3 is 1. The molecule has 1 rings (SSSR count). The Kier molecular flexibility index (Phi) is 5.65. The third-order valence-electron chi connectivity index (χ3n) is 2.26. The van der Waals surface area contributed by atoms with Crippen molar-refractivity contribution in [2.24, 2.45) is 5.73 Å². The van der Waals surface area contributed by atoms with Crippen LogP contribution in [0.4, 0.5) is 5.82 Å². The third kappa shape index (κ3) is 5.46. The summed E-state index contributed by atoms with van der Waals surface area (Å²) in [6, 6.07) is 1.81. The Balaban J connectivity index is 2.35. The zero-order chi connectivity index (χ0) is 12.7. The molecule has 6 nitrogen and oxygen atoms in total. The van der Waals surface area contributed by atoms with Crippen LogP contribution in [0.1, 0.15) is 19.8 Å². The van der Waals surface area contributed by atoms with Gasteiger partial charge < -0.3 is 15.8 Å². The van der Waals surface area contributed by atoms with E-state index in [-0.39, 0.29) is 11.9 Å². The van der Waals surface area contributed by atoms with Crippen molar-refractivity contribution in [2.45, 2.75) is 32.4 Å². The fourth-order valence-corrected chi connectivity index (χ4v) is 1.30. The number of hydrogen-bond donors (Lipinski definition) is 2. The standard InChI is InChI=1S/C11H20N4O2/c1-9(12)3-4-11(16)13-10-5-6-15(14-10)7-8-17-2/h5-6,9H,3-4,7-8,12H2,1-2H3,(H,13,14,16). The quantitative estimate of drug-likeness (QED) is 0.731. The molecule has 1 aromatic heterocycles. The smallest absolute Gasteiger partial charge is 0.225 e. The molecule has 0 saturated heterocycles. The molecular formula is C11H20N4O2. The number of carbonyl (C=O) groups excluding carboxylic acids is 1. The normalized spacial score (nSPS) is 12.4. The fourth-order valence-electron chi connectivity index (χ4n) is 1.30. The molecule has 1 amide bonds. The lowest BCUT2D eigenvalue weighted by molar-refractivity contribution is -0.116. The highest BCUT2D eigenvalue weighted by molar-refractivity contribution is 5.89. The van der Waals surface area contributed by atoms with E-state index in [1.807, 2.05) is 6.92 Å². The van der Waals surface area contributed by atoms with Crippen molar-refractivity contribution in [3.05, 3.63) is 12.3 Å². The molecule has 0 aliphatic carbocycles. The minimum atomic E-state index is -0.0562. The molecule has 17 heavy (non-hydrogen) atoms. The molecule has 0 aromatic carbocycles. The summed E-state index contributed by atoms with van der Waals surface area (Å²) in [5.74, 6) is 0.509. The van der Waals surface area contributed by atoms with Crippen LogP contribution in [0.25, 0.3) is 0 Å². The minimum Gasteiger partial charge on any atom is -0.383 e. The summed E-state index contributed by atoms with van der Waals surface area (Å²) in [6.45, 7) is 3.15. The fraction of sp³-hybridized carbons (Fsp3) is 0.636. The lowest BCUT2D eigenvalue weighted by Crippen LogP contribution is -2.19. The Hall–Kier alpha value is -1.40. The van der Waals surface area contributed by atoms with Crippen LogP contribution in [0.5, 0.6) is 0 Å². The number of nitrogens with two attached hydrogens (primary N) is 1. The van der Waals surface area contributed by atoms with Crippen molar-refractivity contribution in [1.29, 1.82) is 0 Å². The number of anilines is 1. The maximum absolute atomic E-state index is 11.5. The van der Waals surface area contributed by atoms with Crippen LogP contribution < -0.4 is 11.1 Å². The molecule has 0 radical (unpaired) electrons. The first-order valence-corrected chi connectivity index (χ1v) is 5.69. The van der Waals surface area contributed by atoms with E-state index in [0.29, 0.717) is 31.8 Å². The number of hydrogen-bond acceptors (Lipinski definition) is 4. The van der Waals surface area contributed by atoms with Crippen molar-refractivity contribution in [3.8, 4) is 0 Å². The van der Waals surface area contributed by atoms with Crippen LogP contribution in [0.2, 0.25) is 0 Å². The van der Waals surface area contributed by atoms with Crippen LogP contribution in [0.3, 0.4) is 0 Å². The van der Waals surface area contributed by atoms with Crippen molar-refractivity contribution in [3.63, 3.8) is 0 Å². The number of nitrogens with zero attached hydrogens (tertiary/aromatic N) is 2. The minimum absolute atomic E-state index is 0.0417. The molecule has 0 saturated carbocycles. The third-order valence-corrected chi connectivity index (χ3v) is 2.26. The Labute approximate surface area is 101 Å². The molecular weight excluding hydrogens is 220 g/mol. The summed E-state index contributed by atoms with van der Waals surface area (Å²) < 4.78 is 6.67. The van der Waals surface area contributed by atoms with Gasteiger partial charge in [0.15, 0.2) is 5.82 Å². The number of rotatable bonds is 7. The van der Waals surface area contributed by atoms with Gasteiger partial charge in [0, 0.05) is 31.8 Å². The van der Waals surface area contributed by atoms with Crippen LogP contribution in [0, 0.1) is 0 Å². The van der Waals surface area contributed by atoms with Crippen molar-refractivity contribution < 1.29 is 9.53 Å². The van der Waals surface area contributed by atoms with Gasteiger partial charge in [-0.2, -0.15) is 5.10 Å². The summed E-state index contributed by atoms with van der Waals surface area (Å²) in [5.41, 5.74) is 5.58. The maximum Gasteiger partial charge on any atom is 0.225 e. The van der Waals surface area contributed by atoms with Gasteiger partial charge in [-0.25, -0.2) is 0 Å². The average Bonchev–Trinajstić information content (AvgIpc) is 2.71. The second kappa shape index (κ2) is 7.03. The Morgan fingerprint density at radius 1 is 1.71 bits per heavy atom. The Morgan fingerprint density at radius 2 is 2.47 bits per heavy atom. The highest BCUT2D eigenvalue weighted by Gasteiger charge is 2.06. The van der Waals surface area contributed by atoms with E-state index in [2.05, 4.69) is 10.4 Å². The van der Waals surface area contributed by atoms with Gasteiger partial charge in [0.2, 0.25) is 5.91 Å². The zero-order valence-corrected chi connectivity index (χ0v) is 10.3. The van der Waals surface area contributed by atoms with Crippen LogP contribution in [-0.4, -0.2) is 35.4 Å². The molecule has 1 unspecified atom stereocenters. The largest absolute Gasteiger partial charge is 0.383 e. The first kappa shape index (κ1) is 13.7. The molecule has 96 valence electrons. The molecule has 1 heterocycles. The van der Waals surface area contributed by atoms with E-state index in [1.54, 1.807) is 24.1 Å². The molecule has 6 heteroatoms. The number of carbonyl (C=O) groups is 1. The van der Waals surface area contributed by atoms with Crippen LogP contribution >= 0.6 is 0 Å². The summed E-state index contributed by atoms with van der Waals surface area (Å²) in [7, 11) is 1.64. The monoisotopic (exact) mass is 240 g/mol. The summed E-state index contributed by atoms with van der Waals surface area (Å²) in [5, 5.41) is 6.92. The second-order valence-corrected chi connectivity index (χ2v) is 4.02. The molecule has 0 spiro atoms. The summed E-state index contributed by atoms with van der Waals surface area (Å²) in [6.07, 6.45) is 2.90. The lowest BCUT2D eigenvalue weighted by atomic mass is 10.2. The van der Waals surface area contributed by atoms with E-state index in [0.717, 1.165) is 0 Å².